The van der Waals surface area contributed by atoms with Crippen LogP contribution in [0.1, 0.15) is 5.56 Å². The largest absolute Gasteiger partial charge is 0.318 e. The van der Waals surface area contributed by atoms with Crippen LogP contribution >= 0.6 is 38.5 Å². The van der Waals surface area contributed by atoms with E-state index in [0.29, 0.717) is 16.1 Å². The number of anilines is 2. The van der Waals surface area contributed by atoms with Gasteiger partial charge in [0.15, 0.2) is 0 Å². The summed E-state index contributed by atoms with van der Waals surface area (Å²) in [6.45, 7) is 1.78. The molecule has 0 atom stereocenters. The Morgan fingerprint density at radius 2 is 2.00 bits per heavy atom. The molecule has 2 aromatic rings. The maximum absolute atomic E-state index is 11.1. The standard InChI is InChI=1S/C11H8BrIN4O2/c1-6-2-7(12)3-9(17(18)19)10(6)16-11-14-4-8(13)5-15-11/h2-5H,1H3,(H,14,15,16). The molecule has 0 aliphatic rings. The molecule has 19 heavy (non-hydrogen) atoms. The van der Waals surface area contributed by atoms with E-state index in [2.05, 4.69) is 53.8 Å². The molecule has 0 radical (unpaired) electrons. The van der Waals surface area contributed by atoms with Gasteiger partial charge in [0.05, 0.1) is 4.92 Å². The second-order valence-electron chi connectivity index (χ2n) is 3.72. The summed E-state index contributed by atoms with van der Waals surface area (Å²) in [7, 11) is 0. The van der Waals surface area contributed by atoms with Crippen molar-refractivity contribution >= 4 is 55.8 Å². The summed E-state index contributed by atoms with van der Waals surface area (Å²) in [6, 6.07) is 3.24. The highest BCUT2D eigenvalue weighted by Gasteiger charge is 2.18. The maximum Gasteiger partial charge on any atom is 0.294 e. The number of aryl methyl sites for hydroxylation is 1. The molecule has 0 amide bonds. The molecule has 0 spiro atoms. The number of benzene rings is 1. The van der Waals surface area contributed by atoms with Crippen molar-refractivity contribution in [2.24, 2.45) is 0 Å². The van der Waals surface area contributed by atoms with Crippen molar-refractivity contribution in [3.05, 3.63) is 48.2 Å². The van der Waals surface area contributed by atoms with Gasteiger partial charge in [-0.1, -0.05) is 15.9 Å². The fraction of sp³-hybridized carbons (Fsp3) is 0.0909. The second-order valence-corrected chi connectivity index (χ2v) is 5.89. The minimum absolute atomic E-state index is 0.0194. The number of rotatable bonds is 3. The van der Waals surface area contributed by atoms with E-state index in [0.717, 1.165) is 9.13 Å². The van der Waals surface area contributed by atoms with Crippen molar-refractivity contribution in [1.29, 1.82) is 0 Å². The predicted molar refractivity (Wildman–Crippen MR) is 83.6 cm³/mol. The number of nitro benzene ring substituents is 1. The lowest BCUT2D eigenvalue weighted by molar-refractivity contribution is -0.384. The van der Waals surface area contributed by atoms with Crippen LogP contribution in [-0.2, 0) is 0 Å². The molecule has 0 saturated carbocycles. The zero-order valence-corrected chi connectivity index (χ0v) is 13.5. The SMILES string of the molecule is Cc1cc(Br)cc([N+](=O)[O-])c1Nc1ncc(I)cn1. The van der Waals surface area contributed by atoms with Crippen LogP contribution in [0.2, 0.25) is 0 Å². The van der Waals surface area contributed by atoms with Crippen LogP contribution in [0, 0.1) is 20.6 Å². The Balaban J connectivity index is 2.44. The summed E-state index contributed by atoms with van der Waals surface area (Å²) in [6.07, 6.45) is 3.27. The molecule has 1 aromatic carbocycles. The molecule has 0 unspecified atom stereocenters. The highest BCUT2D eigenvalue weighted by Crippen LogP contribution is 2.33. The monoisotopic (exact) mass is 434 g/mol. The smallest absolute Gasteiger partial charge is 0.294 e. The third-order valence-corrected chi connectivity index (χ3v) is 3.35. The zero-order chi connectivity index (χ0) is 14.0. The van der Waals surface area contributed by atoms with Gasteiger partial charge in [-0.05, 0) is 41.1 Å². The lowest BCUT2D eigenvalue weighted by atomic mass is 10.1. The minimum atomic E-state index is -0.438. The van der Waals surface area contributed by atoms with Crippen molar-refractivity contribution in [3.63, 3.8) is 0 Å². The number of aromatic nitrogens is 2. The fourth-order valence-corrected chi connectivity index (χ4v) is 2.36. The first-order valence-corrected chi connectivity index (χ1v) is 7.03. The predicted octanol–water partition coefficient (Wildman–Crippen LogP) is 3.80. The number of nitrogens with one attached hydrogen (secondary N) is 1. The van der Waals surface area contributed by atoms with Crippen LogP contribution in [0.4, 0.5) is 17.3 Å². The average molecular weight is 435 g/mol. The van der Waals surface area contributed by atoms with Gasteiger partial charge in [-0.2, -0.15) is 0 Å². The van der Waals surface area contributed by atoms with Crippen molar-refractivity contribution in [2.75, 3.05) is 5.32 Å². The van der Waals surface area contributed by atoms with Gasteiger partial charge in [0.2, 0.25) is 5.95 Å². The molecule has 0 fully saturated rings. The first-order chi connectivity index (χ1) is 8.97. The van der Waals surface area contributed by atoms with E-state index in [-0.39, 0.29) is 5.69 Å². The number of hydrogen-bond donors (Lipinski definition) is 1. The molecule has 6 nitrogen and oxygen atoms in total. The lowest BCUT2D eigenvalue weighted by Gasteiger charge is -2.09. The second kappa shape index (κ2) is 5.78. The molecule has 1 N–H and O–H groups in total. The van der Waals surface area contributed by atoms with Crippen LogP contribution in [0.5, 0.6) is 0 Å². The summed E-state index contributed by atoms with van der Waals surface area (Å²) >= 11 is 5.33. The molecule has 2 rings (SSSR count). The Hall–Kier alpha value is -1.29. The van der Waals surface area contributed by atoms with E-state index < -0.39 is 4.92 Å². The van der Waals surface area contributed by atoms with Gasteiger partial charge in [0.1, 0.15) is 5.69 Å². The molecule has 0 aliphatic carbocycles. The number of hydrogen-bond acceptors (Lipinski definition) is 5. The average Bonchev–Trinajstić information content (AvgIpc) is 2.34. The Kier molecular flexibility index (Phi) is 4.30. The van der Waals surface area contributed by atoms with Gasteiger partial charge < -0.3 is 5.32 Å². The van der Waals surface area contributed by atoms with E-state index in [1.807, 2.05) is 0 Å². The first-order valence-electron chi connectivity index (χ1n) is 5.16. The van der Waals surface area contributed by atoms with E-state index in [4.69, 9.17) is 0 Å². The Morgan fingerprint density at radius 1 is 1.37 bits per heavy atom. The van der Waals surface area contributed by atoms with Crippen LogP contribution in [0.15, 0.2) is 29.0 Å². The Morgan fingerprint density at radius 3 is 2.58 bits per heavy atom. The number of halogens is 2. The molecule has 8 heteroatoms. The van der Waals surface area contributed by atoms with Gasteiger partial charge in [-0.3, -0.25) is 10.1 Å². The van der Waals surface area contributed by atoms with Crippen molar-refractivity contribution in [3.8, 4) is 0 Å². The molecule has 1 heterocycles. The number of nitro groups is 1. The molecular formula is C11H8BrIN4O2. The molecule has 0 bridgehead atoms. The van der Waals surface area contributed by atoms with E-state index in [1.165, 1.54) is 6.07 Å². The maximum atomic E-state index is 11.1. The minimum Gasteiger partial charge on any atom is -0.318 e. The molecule has 98 valence electrons. The number of nitrogens with zero attached hydrogens (tertiary/aromatic N) is 3. The molecule has 1 aromatic heterocycles. The normalized spacial score (nSPS) is 10.3. The summed E-state index contributed by atoms with van der Waals surface area (Å²) in [4.78, 5) is 18.8. The van der Waals surface area contributed by atoms with Gasteiger partial charge in [0.25, 0.3) is 5.69 Å². The van der Waals surface area contributed by atoms with Crippen LogP contribution in [-0.4, -0.2) is 14.9 Å². The van der Waals surface area contributed by atoms with Crippen LogP contribution in [0.3, 0.4) is 0 Å². The van der Waals surface area contributed by atoms with Crippen molar-refractivity contribution < 1.29 is 4.92 Å². The van der Waals surface area contributed by atoms with Gasteiger partial charge in [-0.15, -0.1) is 0 Å². The highest BCUT2D eigenvalue weighted by atomic mass is 127. The molecular weight excluding hydrogens is 427 g/mol. The molecule has 0 aliphatic heterocycles. The van der Waals surface area contributed by atoms with Gasteiger partial charge in [-0.25, -0.2) is 9.97 Å². The summed E-state index contributed by atoms with van der Waals surface area (Å²) in [5.74, 6) is 0.328. The van der Waals surface area contributed by atoms with E-state index >= 15 is 0 Å². The van der Waals surface area contributed by atoms with Gasteiger partial charge >= 0.3 is 0 Å². The van der Waals surface area contributed by atoms with E-state index in [9.17, 15) is 10.1 Å². The third-order valence-electron chi connectivity index (χ3n) is 2.33. The Labute approximate surface area is 131 Å². The Bertz CT molecular complexity index is 633. The third kappa shape index (κ3) is 3.38. The van der Waals surface area contributed by atoms with Crippen molar-refractivity contribution in [1.82, 2.24) is 9.97 Å². The quantitative estimate of drug-likeness (QED) is 0.451. The summed E-state index contributed by atoms with van der Waals surface area (Å²) in [5.41, 5.74) is 1.12. The summed E-state index contributed by atoms with van der Waals surface area (Å²) < 4.78 is 1.55. The zero-order valence-electron chi connectivity index (χ0n) is 9.72. The first kappa shape index (κ1) is 14.1. The van der Waals surface area contributed by atoms with Crippen molar-refractivity contribution in [2.45, 2.75) is 6.92 Å². The van der Waals surface area contributed by atoms with E-state index in [1.54, 1.807) is 25.4 Å². The fourth-order valence-electron chi connectivity index (χ4n) is 1.52. The highest BCUT2D eigenvalue weighted by molar-refractivity contribution is 14.1. The lowest BCUT2D eigenvalue weighted by Crippen LogP contribution is -2.02. The van der Waals surface area contributed by atoms with Gasteiger partial charge in [0, 0.05) is 26.5 Å². The topological polar surface area (TPSA) is 81.0 Å². The van der Waals surface area contributed by atoms with Crippen LogP contribution < -0.4 is 5.32 Å². The summed E-state index contributed by atoms with van der Waals surface area (Å²) in [5, 5.41) is 14.0. The van der Waals surface area contributed by atoms with Crippen LogP contribution in [0.25, 0.3) is 0 Å². The molecule has 0 saturated heterocycles.